The van der Waals surface area contributed by atoms with Crippen LogP contribution in [0.1, 0.15) is 35.4 Å². The van der Waals surface area contributed by atoms with Gasteiger partial charge in [0.1, 0.15) is 5.75 Å². The van der Waals surface area contributed by atoms with Gasteiger partial charge in [-0.2, -0.15) is 5.10 Å². The predicted octanol–water partition coefficient (Wildman–Crippen LogP) is 5.49. The number of nitrogens with zero attached hydrogens (tertiary/aromatic N) is 3. The molecule has 2 aliphatic rings. The van der Waals surface area contributed by atoms with Crippen LogP contribution in [0.4, 0.5) is 5.69 Å². The van der Waals surface area contributed by atoms with E-state index in [4.69, 9.17) is 21.4 Å². The van der Waals surface area contributed by atoms with E-state index in [1.165, 1.54) is 12.1 Å². The number of hydrazone groups is 1. The number of nitro benzene ring substituents is 1. The molecule has 144 valence electrons. The number of ether oxygens (including phenoxy) is 1. The highest BCUT2D eigenvalue weighted by atomic mass is 35.5. The van der Waals surface area contributed by atoms with Gasteiger partial charge in [0.25, 0.3) is 5.69 Å². The predicted molar refractivity (Wildman–Crippen MR) is 110 cm³/mol. The fourth-order valence-corrected chi connectivity index (χ4v) is 3.96. The van der Waals surface area contributed by atoms with E-state index in [2.05, 4.69) is 6.07 Å². The van der Waals surface area contributed by atoms with Crippen molar-refractivity contribution in [2.24, 2.45) is 5.10 Å². The van der Waals surface area contributed by atoms with Crippen molar-refractivity contribution in [3.63, 3.8) is 0 Å². The molecule has 0 fully saturated rings. The first-order valence-corrected chi connectivity index (χ1v) is 9.59. The van der Waals surface area contributed by atoms with Crippen LogP contribution in [0, 0.1) is 10.1 Å². The zero-order valence-corrected chi connectivity index (χ0v) is 16.0. The second-order valence-electron chi connectivity index (χ2n) is 7.01. The maximum atomic E-state index is 11.0. The smallest absolute Gasteiger partial charge is 0.269 e. The Morgan fingerprint density at radius 2 is 1.76 bits per heavy atom. The van der Waals surface area contributed by atoms with E-state index in [0.717, 1.165) is 34.6 Å². The number of para-hydroxylation sites is 1. The van der Waals surface area contributed by atoms with Gasteiger partial charge < -0.3 is 4.74 Å². The zero-order valence-electron chi connectivity index (χ0n) is 15.2. The largest absolute Gasteiger partial charge is 0.464 e. The summed E-state index contributed by atoms with van der Waals surface area (Å²) in [7, 11) is 0. The van der Waals surface area contributed by atoms with E-state index in [1.54, 1.807) is 12.1 Å². The molecule has 2 unspecified atom stereocenters. The number of rotatable bonds is 3. The molecule has 0 spiro atoms. The van der Waals surface area contributed by atoms with Crippen LogP contribution in [0.3, 0.4) is 0 Å². The minimum atomic E-state index is -0.458. The lowest BCUT2D eigenvalue weighted by atomic mass is 9.96. The fourth-order valence-electron chi connectivity index (χ4n) is 3.83. The minimum Gasteiger partial charge on any atom is -0.464 e. The number of hydrogen-bond acceptors (Lipinski definition) is 5. The number of non-ortho nitro benzene ring substituents is 1. The number of hydrogen-bond donors (Lipinski definition) is 0. The maximum absolute atomic E-state index is 11.0. The molecule has 2 aliphatic heterocycles. The van der Waals surface area contributed by atoms with Crippen LogP contribution in [0.2, 0.25) is 5.02 Å². The van der Waals surface area contributed by atoms with Crippen molar-refractivity contribution < 1.29 is 9.66 Å². The lowest BCUT2D eigenvalue weighted by molar-refractivity contribution is -0.384. The van der Waals surface area contributed by atoms with Crippen molar-refractivity contribution in [1.29, 1.82) is 0 Å². The third kappa shape index (κ3) is 3.11. The first-order valence-electron chi connectivity index (χ1n) is 9.22. The minimum absolute atomic E-state index is 0.0332. The summed E-state index contributed by atoms with van der Waals surface area (Å²) in [5.74, 6) is 0.810. The number of nitro groups is 1. The molecule has 0 saturated carbocycles. The second kappa shape index (κ2) is 6.90. The molecular formula is C22H16ClN3O3. The summed E-state index contributed by atoms with van der Waals surface area (Å²) < 4.78 is 6.26. The van der Waals surface area contributed by atoms with Crippen molar-refractivity contribution in [2.45, 2.75) is 18.7 Å². The maximum Gasteiger partial charge on any atom is 0.269 e. The first kappa shape index (κ1) is 17.7. The molecule has 0 N–H and O–H groups in total. The molecule has 0 bridgehead atoms. The molecule has 0 aromatic heterocycles. The van der Waals surface area contributed by atoms with Crippen molar-refractivity contribution >= 4 is 23.0 Å². The molecule has 0 amide bonds. The van der Waals surface area contributed by atoms with Crippen molar-refractivity contribution in [2.75, 3.05) is 0 Å². The summed E-state index contributed by atoms with van der Waals surface area (Å²) in [5.41, 5.74) is 3.92. The van der Waals surface area contributed by atoms with Gasteiger partial charge in [0, 0.05) is 34.7 Å². The standard InChI is InChI=1S/C22H16ClN3O3/c23-16-9-5-14(6-10-16)19-13-20-18-3-1-2-4-21(18)29-22(25(20)24-19)15-7-11-17(12-8-15)26(27)28/h1-12,20,22H,13H2. The molecule has 29 heavy (non-hydrogen) atoms. The second-order valence-corrected chi connectivity index (χ2v) is 7.45. The summed E-state index contributed by atoms with van der Waals surface area (Å²) in [4.78, 5) is 10.6. The van der Waals surface area contributed by atoms with E-state index in [0.29, 0.717) is 5.02 Å². The topological polar surface area (TPSA) is 68.0 Å². The molecule has 5 rings (SSSR count). The molecule has 0 aliphatic carbocycles. The molecule has 2 heterocycles. The Morgan fingerprint density at radius 3 is 2.48 bits per heavy atom. The van der Waals surface area contributed by atoms with Crippen LogP contribution in [-0.4, -0.2) is 15.6 Å². The highest BCUT2D eigenvalue weighted by Gasteiger charge is 2.40. The van der Waals surface area contributed by atoms with Gasteiger partial charge in [-0.05, 0) is 35.9 Å². The lowest BCUT2D eigenvalue weighted by Crippen LogP contribution is -2.33. The zero-order chi connectivity index (χ0) is 20.0. The van der Waals surface area contributed by atoms with Gasteiger partial charge in [-0.15, -0.1) is 0 Å². The van der Waals surface area contributed by atoms with Crippen molar-refractivity contribution in [1.82, 2.24) is 5.01 Å². The van der Waals surface area contributed by atoms with Crippen LogP contribution >= 0.6 is 11.6 Å². The molecule has 0 saturated heterocycles. The van der Waals surface area contributed by atoms with Gasteiger partial charge in [-0.25, -0.2) is 5.01 Å². The number of fused-ring (bicyclic) bond motifs is 3. The monoisotopic (exact) mass is 405 g/mol. The molecule has 7 heteroatoms. The van der Waals surface area contributed by atoms with Crippen LogP contribution < -0.4 is 4.74 Å². The summed E-state index contributed by atoms with van der Waals surface area (Å²) in [5, 5.41) is 18.5. The molecule has 0 radical (unpaired) electrons. The third-order valence-corrected chi connectivity index (χ3v) is 5.52. The summed E-state index contributed by atoms with van der Waals surface area (Å²) in [6, 6.07) is 22.1. The Morgan fingerprint density at radius 1 is 1.03 bits per heavy atom. The van der Waals surface area contributed by atoms with E-state index >= 15 is 0 Å². The van der Waals surface area contributed by atoms with Crippen LogP contribution in [-0.2, 0) is 0 Å². The Labute approximate surface area is 172 Å². The van der Waals surface area contributed by atoms with E-state index < -0.39 is 11.2 Å². The van der Waals surface area contributed by atoms with Gasteiger partial charge in [-0.3, -0.25) is 10.1 Å². The van der Waals surface area contributed by atoms with E-state index in [9.17, 15) is 10.1 Å². The van der Waals surface area contributed by atoms with Gasteiger partial charge in [0.2, 0.25) is 6.23 Å². The van der Waals surface area contributed by atoms with Crippen LogP contribution in [0.5, 0.6) is 5.75 Å². The number of halogens is 1. The Kier molecular flexibility index (Phi) is 4.21. The SMILES string of the molecule is O=[N+]([O-])c1ccc(C2Oc3ccccc3C3CC(c4ccc(Cl)cc4)=NN32)cc1. The molecule has 3 aromatic rings. The molecule has 3 aromatic carbocycles. The molecular weight excluding hydrogens is 390 g/mol. The fraction of sp³-hybridized carbons (Fsp3) is 0.136. The summed E-state index contributed by atoms with van der Waals surface area (Å²) in [6.45, 7) is 0. The quantitative estimate of drug-likeness (QED) is 0.426. The molecule has 2 atom stereocenters. The lowest BCUT2D eigenvalue weighted by Gasteiger charge is -2.38. The van der Waals surface area contributed by atoms with Gasteiger partial charge in [0.15, 0.2) is 0 Å². The van der Waals surface area contributed by atoms with Crippen LogP contribution in [0.25, 0.3) is 0 Å². The Bertz CT molecular complexity index is 1110. The normalized spacial score (nSPS) is 19.8. The van der Waals surface area contributed by atoms with Gasteiger partial charge >= 0.3 is 0 Å². The highest BCUT2D eigenvalue weighted by molar-refractivity contribution is 6.30. The Balaban J connectivity index is 1.56. The highest BCUT2D eigenvalue weighted by Crippen LogP contribution is 2.47. The van der Waals surface area contributed by atoms with E-state index in [-0.39, 0.29) is 11.7 Å². The van der Waals surface area contributed by atoms with Crippen molar-refractivity contribution in [3.05, 3.63) is 105 Å². The number of benzene rings is 3. The first-order chi connectivity index (χ1) is 14.1. The summed E-state index contributed by atoms with van der Waals surface area (Å²) >= 11 is 6.03. The average Bonchev–Trinajstić information content (AvgIpc) is 3.19. The van der Waals surface area contributed by atoms with Crippen LogP contribution in [0.15, 0.2) is 77.9 Å². The average molecular weight is 406 g/mol. The van der Waals surface area contributed by atoms with Gasteiger partial charge in [-0.1, -0.05) is 41.9 Å². The van der Waals surface area contributed by atoms with Crippen molar-refractivity contribution in [3.8, 4) is 5.75 Å². The van der Waals surface area contributed by atoms with E-state index in [1.807, 2.05) is 47.5 Å². The summed E-state index contributed by atoms with van der Waals surface area (Å²) in [6.07, 6.45) is 0.284. The Hall–Kier alpha value is -3.38. The molecule has 6 nitrogen and oxygen atoms in total. The third-order valence-electron chi connectivity index (χ3n) is 5.27. The van der Waals surface area contributed by atoms with Gasteiger partial charge in [0.05, 0.1) is 16.7 Å².